The van der Waals surface area contributed by atoms with Crippen molar-refractivity contribution in [3.05, 3.63) is 118 Å². The lowest BCUT2D eigenvalue weighted by Crippen LogP contribution is -2.46. The Kier molecular flexibility index (Phi) is 21.5. The molecule has 29 heteroatoms. The van der Waals surface area contributed by atoms with Crippen LogP contribution >= 0.6 is 57.8 Å². The monoisotopic (exact) mass is 1320 g/mol. The van der Waals surface area contributed by atoms with E-state index in [9.17, 15) is 28.8 Å². The molecule has 2 aromatic carbocycles. The Morgan fingerprint density at radius 1 is 0.659 bits per heavy atom. The van der Waals surface area contributed by atoms with Crippen molar-refractivity contribution in [2.24, 2.45) is 11.8 Å². The van der Waals surface area contributed by atoms with Crippen molar-refractivity contribution in [3.8, 4) is 22.3 Å². The number of carboxylic acid groups (broad SMARTS) is 1. The van der Waals surface area contributed by atoms with Crippen molar-refractivity contribution < 1.29 is 33.9 Å². The number of hydrogen-bond donors (Lipinski definition) is 6. The lowest BCUT2D eigenvalue weighted by molar-refractivity contribution is -0.138. The molecule has 4 fully saturated rings. The van der Waals surface area contributed by atoms with Crippen molar-refractivity contribution in [1.29, 1.82) is 0 Å². The van der Waals surface area contributed by atoms with Crippen molar-refractivity contribution in [2.75, 3.05) is 22.1 Å². The average Bonchev–Trinajstić information content (AvgIpc) is 2.65. The van der Waals surface area contributed by atoms with Gasteiger partial charge in [0.05, 0.1) is 17.1 Å². The molecule has 4 aliphatic rings. The number of carboxylic acids is 1. The number of rotatable bonds is 12. The third-order valence-electron chi connectivity index (χ3n) is 13.6. The highest BCUT2D eigenvalue weighted by molar-refractivity contribution is 9.10. The minimum absolute atomic E-state index is 0. The summed E-state index contributed by atoms with van der Waals surface area (Å²) in [6.07, 6.45) is 10.1. The molecule has 2 aliphatic heterocycles. The van der Waals surface area contributed by atoms with Gasteiger partial charge in [0, 0.05) is 95.0 Å². The molecule has 82 heavy (non-hydrogen) atoms. The van der Waals surface area contributed by atoms with E-state index in [0.29, 0.717) is 56.4 Å². The molecular weight excluding hydrogens is 1260 g/mol. The number of carbonyl (C=O) groups is 6. The maximum atomic E-state index is 13.6. The first kappa shape index (κ1) is 63.8. The zero-order chi connectivity index (χ0) is 56.2. The summed E-state index contributed by atoms with van der Waals surface area (Å²) in [5, 5.41) is 27.7. The van der Waals surface area contributed by atoms with Gasteiger partial charge < -0.3 is 37.4 Å². The first-order valence-electron chi connectivity index (χ1n) is 24.5. The number of likely N-dealkylation sites (tertiary alicyclic amines) is 1. The molecule has 0 unspecified atom stereocenters. The molecular formula is C53H55Br2ClN16O7S3. The number of aliphatic carboxylic acids is 1. The fraction of sp³-hybridized carbons (Fsp3) is 0.283. The Morgan fingerprint density at radius 2 is 1.13 bits per heavy atom. The van der Waals surface area contributed by atoms with Crippen molar-refractivity contribution in [1.82, 2.24) is 59.7 Å². The molecule has 8 aromatic rings. The van der Waals surface area contributed by atoms with Crippen LogP contribution in [-0.4, -0.2) is 119 Å². The average molecular weight is 1320 g/mol. The number of nitrogen functional groups attached to an aromatic ring is 2. The number of fused-ring (bicyclic) bond motifs is 4. The fourth-order valence-electron chi connectivity index (χ4n) is 9.74. The van der Waals surface area contributed by atoms with Crippen LogP contribution in [0.25, 0.3) is 44.1 Å². The maximum absolute atomic E-state index is 13.6. The quantitative estimate of drug-likeness (QED) is 0.0523. The Balaban J connectivity index is 0.000000210. The van der Waals surface area contributed by atoms with Gasteiger partial charge in [-0.25, -0.2) is 29.9 Å². The zero-order valence-corrected chi connectivity index (χ0v) is 49.5. The van der Waals surface area contributed by atoms with Gasteiger partial charge in [0.2, 0.25) is 29.6 Å². The third-order valence-corrected chi connectivity index (χ3v) is 14.5. The van der Waals surface area contributed by atoms with Crippen molar-refractivity contribution in [2.45, 2.75) is 84.2 Å². The van der Waals surface area contributed by atoms with Gasteiger partial charge in [-0.1, -0.05) is 31.7 Å². The van der Waals surface area contributed by atoms with Crippen LogP contribution in [-0.2, 0) is 54.6 Å². The fourth-order valence-corrected chi connectivity index (χ4v) is 10.4. The number of nitrogens with zero attached hydrogens (tertiary/aromatic N) is 11. The van der Waals surface area contributed by atoms with Gasteiger partial charge in [-0.15, -0.1) is 12.4 Å². The van der Waals surface area contributed by atoms with Gasteiger partial charge >= 0.3 is 5.97 Å². The van der Waals surface area contributed by atoms with Gasteiger partial charge in [-0.05, 0) is 129 Å². The number of nitrogens with one attached hydrogen (secondary N) is 3. The molecule has 8 N–H and O–H groups in total. The predicted octanol–water partition coefficient (Wildman–Crippen LogP) is 7.13. The van der Waals surface area contributed by atoms with E-state index in [2.05, 4.69) is 110 Å². The standard InChI is InChI=1S/C26H23BrN8O3.C15H13N5O3.C11H12BrN3O.CH4.ClH.S2.H2S/c1-13(36)24-17-7-14(16-10-29-26(28)30-11-16)5-6-18(17)34(33-24)12-23(37)35-19-8-15(19)9-20(35)25(38)32-22-4-2-3-21(27)31-22;1-8(21)14-11-4-9(10-5-17-15(16)18-6-10)2-3-12(11)20(19-14)7-13(22)23;12-9-2-1-3-10(14-9)15-11(16)8-5-6-4-7(6)13-8;;;1-2;/h2-7,10-11,15,19-20H,8-9,12H2,1H3,(H2,28,29,30)(H,31,32,38);2-6H,7H2,1H3,(H,22,23)(H2,16,17,18);1-3,6-8,13H,4-5H2,(H,14,15,16);1H4;1H;;1H2/t15-,19-,20+;;6-,7-,8+;;;;/m1.1..../s1. The number of pyridine rings is 2. The summed E-state index contributed by atoms with van der Waals surface area (Å²) >= 11 is 13.9. The van der Waals surface area contributed by atoms with Crippen LogP contribution in [0.1, 0.15) is 67.9 Å². The molecule has 3 amide bonds. The first-order valence-corrected chi connectivity index (χ1v) is 27.4. The molecule has 2 aliphatic carbocycles. The number of hydrogen-bond acceptors (Lipinski definition) is 19. The van der Waals surface area contributed by atoms with E-state index in [-0.39, 0.29) is 111 Å². The van der Waals surface area contributed by atoms with E-state index < -0.39 is 12.0 Å². The largest absolute Gasteiger partial charge is 0.480 e. The van der Waals surface area contributed by atoms with E-state index in [1.807, 2.05) is 30.3 Å². The van der Waals surface area contributed by atoms with E-state index in [0.717, 1.165) is 45.6 Å². The SMILES string of the molecule is C.CC(=O)c1nn(CC(=O)N2[C@@H]3C[C@@H]3C[C@H]2C(=O)Nc2cccc(Br)n2)c2ccc(-c3cnc(N)nc3)cc12.CC(=O)c1nn(CC(=O)O)c2ccc(-c3cnc(N)nc3)cc12.Cl.O=C(Nc1cccc(Br)n1)[C@@H]1C[C@H]2C[C@H]2N1.S.S=S. The summed E-state index contributed by atoms with van der Waals surface area (Å²) in [7, 11) is 0. The molecule has 6 aromatic heterocycles. The number of nitrogens with two attached hydrogens (primary N) is 2. The zero-order valence-electron chi connectivity index (χ0n) is 42.9. The number of piperidine rings is 2. The lowest BCUT2D eigenvalue weighted by atomic mass is 10.0. The third kappa shape index (κ3) is 14.8. The number of halogens is 3. The van der Waals surface area contributed by atoms with Gasteiger partial charge in [0.15, 0.2) is 11.6 Å². The number of amides is 3. The topological polar surface area (TPSA) is 327 Å². The highest BCUT2D eigenvalue weighted by atomic mass is 79.9. The van der Waals surface area contributed by atoms with Crippen molar-refractivity contribution >= 4 is 161 Å². The number of ketones is 2. The molecule has 6 atom stereocenters. The van der Waals surface area contributed by atoms with E-state index in [4.69, 9.17) is 16.6 Å². The van der Waals surface area contributed by atoms with Gasteiger partial charge in [0.1, 0.15) is 51.4 Å². The van der Waals surface area contributed by atoms with Crippen LogP contribution in [0.4, 0.5) is 23.5 Å². The molecule has 0 spiro atoms. The van der Waals surface area contributed by atoms with Crippen LogP contribution in [0.2, 0.25) is 0 Å². The Morgan fingerprint density at radius 3 is 1.57 bits per heavy atom. The highest BCUT2D eigenvalue weighted by Crippen LogP contribution is 2.48. The van der Waals surface area contributed by atoms with Gasteiger partial charge in [-0.3, -0.25) is 38.1 Å². The minimum atomic E-state index is -1.03. The van der Waals surface area contributed by atoms with Crippen LogP contribution < -0.4 is 27.4 Å². The second-order valence-electron chi connectivity index (χ2n) is 19.0. The number of benzene rings is 2. The maximum Gasteiger partial charge on any atom is 0.325 e. The molecule has 12 rings (SSSR count). The summed E-state index contributed by atoms with van der Waals surface area (Å²) in [6, 6.07) is 21.5. The van der Waals surface area contributed by atoms with E-state index >= 15 is 0 Å². The lowest BCUT2D eigenvalue weighted by Gasteiger charge is -2.26. The molecule has 0 bridgehead atoms. The summed E-state index contributed by atoms with van der Waals surface area (Å²) < 4.78 is 4.18. The normalized spacial score (nSPS) is 18.3. The summed E-state index contributed by atoms with van der Waals surface area (Å²) in [6.45, 7) is 2.44. The van der Waals surface area contributed by atoms with Crippen LogP contribution in [0, 0.1) is 11.8 Å². The molecule has 2 saturated carbocycles. The summed E-state index contributed by atoms with van der Waals surface area (Å²) in [5.41, 5.74) is 15.9. The molecule has 428 valence electrons. The molecule has 0 radical (unpaired) electrons. The molecule has 2 saturated heterocycles. The van der Waals surface area contributed by atoms with Crippen molar-refractivity contribution in [3.63, 3.8) is 0 Å². The van der Waals surface area contributed by atoms with Crippen LogP contribution in [0.3, 0.4) is 0 Å². The number of carbonyl (C=O) groups excluding carboxylic acids is 5. The second kappa shape index (κ2) is 27.6. The number of anilines is 4. The van der Waals surface area contributed by atoms with Gasteiger partial charge in [-0.2, -0.15) is 23.7 Å². The number of Topliss-reactive ketones (excluding diaryl/α,β-unsaturated/α-hetero) is 2. The minimum Gasteiger partial charge on any atom is -0.480 e. The van der Waals surface area contributed by atoms with E-state index in [1.165, 1.54) is 29.6 Å². The van der Waals surface area contributed by atoms with Crippen LogP contribution in [0.5, 0.6) is 0 Å². The predicted molar refractivity (Wildman–Crippen MR) is 329 cm³/mol. The number of aromatic nitrogens is 10. The smallest absolute Gasteiger partial charge is 0.325 e. The molecule has 8 heterocycles. The summed E-state index contributed by atoms with van der Waals surface area (Å²) in [5.74, 6) is 0.485. The van der Waals surface area contributed by atoms with E-state index in [1.54, 1.807) is 72.2 Å². The van der Waals surface area contributed by atoms with Gasteiger partial charge in [0.25, 0.3) is 0 Å². The Hall–Kier alpha value is -7.34. The first-order chi connectivity index (χ1) is 38.0. The second-order valence-corrected chi connectivity index (χ2v) is 20.6. The Bertz CT molecular complexity index is 3680. The molecule has 23 nitrogen and oxygen atoms in total. The van der Waals surface area contributed by atoms with Crippen LogP contribution in [0.15, 0.2) is 107 Å². The highest BCUT2D eigenvalue weighted by Gasteiger charge is 2.56. The Labute approximate surface area is 509 Å². The summed E-state index contributed by atoms with van der Waals surface area (Å²) in [4.78, 5) is 99.8.